The summed E-state index contributed by atoms with van der Waals surface area (Å²) in [4.78, 5) is 92.2. The van der Waals surface area contributed by atoms with Crippen molar-refractivity contribution in [3.63, 3.8) is 0 Å². The number of hydrazine groups is 1. The zero-order valence-electron chi connectivity index (χ0n) is 28.0. The van der Waals surface area contributed by atoms with Gasteiger partial charge in [0.2, 0.25) is 23.6 Å². The maximum absolute atomic E-state index is 13.7. The molecule has 3 heterocycles. The predicted molar refractivity (Wildman–Crippen MR) is 169 cm³/mol. The molecule has 0 spiro atoms. The second-order valence-corrected chi connectivity index (χ2v) is 13.0. The molecule has 17 heteroatoms. The van der Waals surface area contributed by atoms with Gasteiger partial charge in [-0.15, -0.1) is 0 Å². The first-order valence-corrected chi connectivity index (χ1v) is 16.6. The van der Waals surface area contributed by atoms with Crippen molar-refractivity contribution in [3.05, 3.63) is 0 Å². The summed E-state index contributed by atoms with van der Waals surface area (Å²) in [7, 11) is 0. The fourth-order valence-electron chi connectivity index (χ4n) is 5.78. The molecule has 2 fully saturated rings. The quantitative estimate of drug-likeness (QED) is 0.117. The van der Waals surface area contributed by atoms with E-state index in [9.17, 15) is 43.8 Å². The predicted octanol–water partition coefficient (Wildman–Crippen LogP) is -0.822. The first-order valence-electron chi connectivity index (χ1n) is 16.6. The number of rotatable bonds is 11. The number of aliphatic hydroxyl groups excluding tert-OH is 1. The highest BCUT2D eigenvalue weighted by Crippen LogP contribution is 2.21. The van der Waals surface area contributed by atoms with Crippen LogP contribution in [0.5, 0.6) is 0 Å². The van der Waals surface area contributed by atoms with Crippen molar-refractivity contribution in [3.8, 4) is 0 Å². The van der Waals surface area contributed by atoms with Gasteiger partial charge in [0.1, 0.15) is 36.8 Å². The number of carboxylic acid groups (broad SMARTS) is 1. The number of cyclic esters (lactones) is 1. The molecular weight excluding hydrogens is 630 g/mol. The molecule has 0 aromatic carbocycles. The molecule has 7 atom stereocenters. The van der Waals surface area contributed by atoms with Crippen LogP contribution >= 0.6 is 0 Å². The van der Waals surface area contributed by atoms with Gasteiger partial charge in [-0.1, -0.05) is 40.0 Å². The minimum atomic E-state index is -1.53. The lowest BCUT2D eigenvalue weighted by molar-refractivity contribution is -0.165. The van der Waals surface area contributed by atoms with E-state index in [0.717, 1.165) is 22.9 Å². The summed E-state index contributed by atoms with van der Waals surface area (Å²) in [6.45, 7) is 6.34. The van der Waals surface area contributed by atoms with Crippen LogP contribution in [0.3, 0.4) is 0 Å². The standard InChI is InChI=1S/C31H49N7O10/c1-5-6-7-9-19(30(45)46)13-25(40)37-23(10-8-11-32-37)28(43)36-22-16-48-31(47)24-14-20(39)15-33-38(24)29(44)18(4)34-26(41)21(12-17(2)3)35-27(22)42/h11,17-24,33,39H,5-10,12-16H2,1-4H3,(H,34,41)(H,35,42)(H,36,43)(H,45,46)/t18-,19-,20+,21?,22?,23-,24+/m0/s1. The van der Waals surface area contributed by atoms with Gasteiger partial charge in [0.25, 0.3) is 5.91 Å². The SMILES string of the molecule is CCCCC[C@@H](CC(=O)N1N=CCC[C@H]1C(=O)NC1COC(=O)[C@H]2C[C@@H](O)CNN2C(=O)[C@H](C)NC(=O)C(CC(C)C)NC1=O)C(=O)O. The lowest BCUT2D eigenvalue weighted by Gasteiger charge is -2.38. The van der Waals surface area contributed by atoms with Crippen LogP contribution in [-0.4, -0.2) is 117 Å². The van der Waals surface area contributed by atoms with E-state index in [2.05, 4.69) is 26.5 Å². The number of nitrogens with zero attached hydrogens (tertiary/aromatic N) is 3. The molecule has 0 aromatic heterocycles. The van der Waals surface area contributed by atoms with Crippen LogP contribution in [0.1, 0.15) is 85.5 Å². The number of carbonyl (C=O) groups is 7. The summed E-state index contributed by atoms with van der Waals surface area (Å²) in [5.41, 5.74) is 2.69. The van der Waals surface area contributed by atoms with Crippen molar-refractivity contribution in [2.45, 2.75) is 122 Å². The van der Waals surface area contributed by atoms with E-state index in [4.69, 9.17) is 4.74 Å². The number of amides is 5. The molecule has 0 bridgehead atoms. The molecule has 268 valence electrons. The Labute approximate surface area is 279 Å². The molecule has 0 aliphatic carbocycles. The third-order valence-corrected chi connectivity index (χ3v) is 8.46. The summed E-state index contributed by atoms with van der Waals surface area (Å²) in [5.74, 6) is -6.76. The number of hydrogen-bond acceptors (Lipinski definition) is 11. The van der Waals surface area contributed by atoms with E-state index in [0.29, 0.717) is 12.8 Å². The minimum Gasteiger partial charge on any atom is -0.481 e. The fourth-order valence-corrected chi connectivity index (χ4v) is 5.78. The molecule has 5 amide bonds. The normalized spacial score (nSPS) is 27.8. The van der Waals surface area contributed by atoms with Crippen molar-refractivity contribution in [2.75, 3.05) is 13.2 Å². The Morgan fingerprint density at radius 3 is 2.52 bits per heavy atom. The van der Waals surface area contributed by atoms with E-state index < -0.39 is 90.3 Å². The number of carbonyl (C=O) groups excluding carboxylic acids is 6. The van der Waals surface area contributed by atoms with Crippen LogP contribution in [-0.2, 0) is 38.3 Å². The summed E-state index contributed by atoms with van der Waals surface area (Å²) in [6.07, 6.45) is 3.12. The lowest BCUT2D eigenvalue weighted by atomic mass is 9.97. The van der Waals surface area contributed by atoms with Crippen LogP contribution < -0.4 is 21.4 Å². The van der Waals surface area contributed by atoms with Gasteiger partial charge in [-0.05, 0) is 38.5 Å². The van der Waals surface area contributed by atoms with Gasteiger partial charge in [-0.25, -0.2) is 15.2 Å². The highest BCUT2D eigenvalue weighted by atomic mass is 16.5. The monoisotopic (exact) mass is 679 g/mol. The molecule has 2 unspecified atom stereocenters. The highest BCUT2D eigenvalue weighted by Gasteiger charge is 2.42. The molecule has 3 aliphatic rings. The first-order chi connectivity index (χ1) is 22.7. The zero-order chi connectivity index (χ0) is 35.5. The van der Waals surface area contributed by atoms with Gasteiger partial charge in [-0.3, -0.25) is 33.8 Å². The van der Waals surface area contributed by atoms with Gasteiger partial charge in [0.05, 0.1) is 12.0 Å². The van der Waals surface area contributed by atoms with Crippen molar-refractivity contribution >= 4 is 47.7 Å². The number of nitrogens with one attached hydrogen (secondary N) is 4. The number of unbranched alkanes of at least 4 members (excludes halogenated alkanes) is 2. The number of aliphatic hydroxyl groups is 1. The Balaban J connectivity index is 1.86. The number of fused-ring (bicyclic) bond motifs is 1. The molecule has 0 saturated carbocycles. The summed E-state index contributed by atoms with van der Waals surface area (Å²) >= 11 is 0. The summed E-state index contributed by atoms with van der Waals surface area (Å²) < 4.78 is 5.43. The van der Waals surface area contributed by atoms with E-state index in [1.54, 1.807) is 0 Å². The van der Waals surface area contributed by atoms with Crippen LogP contribution in [0.4, 0.5) is 0 Å². The second-order valence-electron chi connectivity index (χ2n) is 13.0. The minimum absolute atomic E-state index is 0.0318. The Morgan fingerprint density at radius 1 is 1.12 bits per heavy atom. The topological polar surface area (TPSA) is 236 Å². The number of hydrogen-bond donors (Lipinski definition) is 6. The molecule has 3 aliphatic heterocycles. The van der Waals surface area contributed by atoms with Gasteiger partial charge < -0.3 is 30.9 Å². The van der Waals surface area contributed by atoms with E-state index in [1.165, 1.54) is 13.1 Å². The maximum Gasteiger partial charge on any atom is 0.330 e. The third-order valence-electron chi connectivity index (χ3n) is 8.46. The van der Waals surface area contributed by atoms with Crippen LogP contribution in [0.15, 0.2) is 5.10 Å². The van der Waals surface area contributed by atoms with Gasteiger partial charge in [0.15, 0.2) is 0 Å². The average Bonchev–Trinajstić information content (AvgIpc) is 3.04. The van der Waals surface area contributed by atoms with Crippen LogP contribution in [0.2, 0.25) is 0 Å². The molecule has 0 radical (unpaired) electrons. The van der Waals surface area contributed by atoms with E-state index in [-0.39, 0.29) is 44.6 Å². The molecule has 6 N–H and O–H groups in total. The molecular formula is C31H49N7O10. The Bertz CT molecular complexity index is 1240. The van der Waals surface area contributed by atoms with Crippen molar-refractivity contribution < 1.29 is 48.5 Å². The largest absolute Gasteiger partial charge is 0.481 e. The summed E-state index contributed by atoms with van der Waals surface area (Å²) in [5, 5.41) is 33.6. The third kappa shape index (κ3) is 10.4. The number of esters is 1. The number of carboxylic acids is 1. The second kappa shape index (κ2) is 17.9. The average molecular weight is 680 g/mol. The molecule has 3 rings (SSSR count). The smallest absolute Gasteiger partial charge is 0.330 e. The van der Waals surface area contributed by atoms with Crippen LogP contribution in [0.25, 0.3) is 0 Å². The van der Waals surface area contributed by atoms with Crippen LogP contribution in [0, 0.1) is 11.8 Å². The van der Waals surface area contributed by atoms with Crippen molar-refractivity contribution in [1.82, 2.24) is 31.4 Å². The summed E-state index contributed by atoms with van der Waals surface area (Å²) in [6, 6.07) is -6.25. The Hall–Kier alpha value is -4.12. The number of β-amino-alcohol motifs (C(OH)–C–C–N with tert-alkyl or cyclic N) is 1. The number of hydrazone groups is 1. The van der Waals surface area contributed by atoms with Gasteiger partial charge in [0, 0.05) is 25.6 Å². The van der Waals surface area contributed by atoms with E-state index in [1.807, 2.05) is 20.8 Å². The van der Waals surface area contributed by atoms with Crippen molar-refractivity contribution in [2.24, 2.45) is 16.9 Å². The van der Waals surface area contributed by atoms with Gasteiger partial charge >= 0.3 is 11.9 Å². The fraction of sp³-hybridized carbons (Fsp3) is 0.742. The maximum atomic E-state index is 13.7. The number of aliphatic carboxylic acids is 1. The van der Waals surface area contributed by atoms with Gasteiger partial charge in [-0.2, -0.15) is 5.10 Å². The Kier molecular flexibility index (Phi) is 14.3. The number of ether oxygens (including phenoxy) is 1. The Morgan fingerprint density at radius 2 is 1.85 bits per heavy atom. The first kappa shape index (κ1) is 38.3. The zero-order valence-corrected chi connectivity index (χ0v) is 28.0. The van der Waals surface area contributed by atoms with Crippen molar-refractivity contribution in [1.29, 1.82) is 0 Å². The lowest BCUT2D eigenvalue weighted by Crippen LogP contribution is -2.64. The highest BCUT2D eigenvalue weighted by molar-refractivity contribution is 5.97. The molecule has 48 heavy (non-hydrogen) atoms. The van der Waals surface area contributed by atoms with E-state index >= 15 is 0 Å². The molecule has 2 saturated heterocycles. The molecule has 0 aromatic rings. The molecule has 17 nitrogen and oxygen atoms in total.